The van der Waals surface area contributed by atoms with Crippen molar-refractivity contribution in [1.29, 1.82) is 0 Å². The highest BCUT2D eigenvalue weighted by atomic mass is 32.2. The number of halogens is 1. The summed E-state index contributed by atoms with van der Waals surface area (Å²) in [6, 6.07) is 0. The fourth-order valence-electron chi connectivity index (χ4n) is 1.15. The molecule has 0 heterocycles. The number of hydrogen-bond donors (Lipinski definition) is 1. The van der Waals surface area contributed by atoms with Crippen LogP contribution in [0, 0.1) is 0 Å². The van der Waals surface area contributed by atoms with Crippen LogP contribution in [0.4, 0.5) is 4.39 Å². The van der Waals surface area contributed by atoms with E-state index in [9.17, 15) is 9.18 Å². The molecule has 0 aromatic carbocycles. The smallest absolute Gasteiger partial charge is 0.303 e. The number of carboxylic acid groups (broad SMARTS) is 1. The second-order valence-electron chi connectivity index (χ2n) is 3.06. The van der Waals surface area contributed by atoms with Crippen LogP contribution in [0.1, 0.15) is 25.7 Å². The molecule has 0 amide bonds. The van der Waals surface area contributed by atoms with Crippen molar-refractivity contribution in [2.24, 2.45) is 0 Å². The molecule has 0 aromatic rings. The van der Waals surface area contributed by atoms with Crippen molar-refractivity contribution >= 4 is 17.7 Å². The SMILES string of the molecule is O=C(O)CCCSC1=C(F)CCC=C1. The molecule has 1 aliphatic rings. The lowest BCUT2D eigenvalue weighted by atomic mass is 10.2. The molecule has 0 unspecified atom stereocenters. The van der Waals surface area contributed by atoms with E-state index >= 15 is 0 Å². The summed E-state index contributed by atoms with van der Waals surface area (Å²) in [6.07, 6.45) is 5.73. The molecule has 1 N–H and O–H groups in total. The Morgan fingerprint density at radius 3 is 3.07 bits per heavy atom. The number of aliphatic carboxylic acids is 1. The maximum atomic E-state index is 13.1. The van der Waals surface area contributed by atoms with E-state index in [1.807, 2.05) is 6.08 Å². The lowest BCUT2D eigenvalue weighted by Crippen LogP contribution is -1.95. The van der Waals surface area contributed by atoms with Gasteiger partial charge in [0.1, 0.15) is 5.83 Å². The number of carbonyl (C=O) groups is 1. The molecule has 0 radical (unpaired) electrons. The van der Waals surface area contributed by atoms with Crippen molar-refractivity contribution in [1.82, 2.24) is 0 Å². The molecular formula is C10H13FO2S. The van der Waals surface area contributed by atoms with E-state index in [1.54, 1.807) is 6.08 Å². The maximum absolute atomic E-state index is 13.1. The summed E-state index contributed by atoms with van der Waals surface area (Å²) in [4.78, 5) is 10.9. The van der Waals surface area contributed by atoms with Crippen LogP contribution in [0.2, 0.25) is 0 Å². The minimum absolute atomic E-state index is 0.0622. The highest BCUT2D eigenvalue weighted by molar-refractivity contribution is 8.03. The van der Waals surface area contributed by atoms with Crippen LogP contribution < -0.4 is 0 Å². The van der Waals surface area contributed by atoms with E-state index in [0.717, 1.165) is 6.42 Å². The third-order valence-electron chi connectivity index (χ3n) is 1.86. The topological polar surface area (TPSA) is 37.3 Å². The third kappa shape index (κ3) is 3.96. The summed E-state index contributed by atoms with van der Waals surface area (Å²) in [7, 11) is 0. The summed E-state index contributed by atoms with van der Waals surface area (Å²) >= 11 is 1.40. The largest absolute Gasteiger partial charge is 0.481 e. The Kier molecular flexibility index (Phi) is 4.73. The molecular weight excluding hydrogens is 203 g/mol. The van der Waals surface area contributed by atoms with Gasteiger partial charge in [-0.15, -0.1) is 11.8 Å². The molecule has 0 bridgehead atoms. The lowest BCUT2D eigenvalue weighted by Gasteiger charge is -2.08. The summed E-state index contributed by atoms with van der Waals surface area (Å²) in [6.45, 7) is 0. The quantitative estimate of drug-likeness (QED) is 0.717. The van der Waals surface area contributed by atoms with Gasteiger partial charge in [0.15, 0.2) is 0 Å². The molecule has 14 heavy (non-hydrogen) atoms. The first-order valence-corrected chi connectivity index (χ1v) is 5.58. The summed E-state index contributed by atoms with van der Waals surface area (Å²) < 4.78 is 13.1. The van der Waals surface area contributed by atoms with Crippen molar-refractivity contribution in [2.45, 2.75) is 25.7 Å². The van der Waals surface area contributed by atoms with Crippen molar-refractivity contribution in [3.8, 4) is 0 Å². The van der Waals surface area contributed by atoms with Crippen molar-refractivity contribution < 1.29 is 14.3 Å². The highest BCUT2D eigenvalue weighted by Crippen LogP contribution is 2.29. The summed E-state index contributed by atoms with van der Waals surface area (Å²) in [5.74, 6) is -0.189. The van der Waals surface area contributed by atoms with Crippen LogP contribution in [0.15, 0.2) is 22.9 Å². The molecule has 0 saturated carbocycles. The first-order valence-electron chi connectivity index (χ1n) is 4.60. The van der Waals surface area contributed by atoms with Gasteiger partial charge in [-0.3, -0.25) is 4.79 Å². The Morgan fingerprint density at radius 1 is 1.64 bits per heavy atom. The monoisotopic (exact) mass is 216 g/mol. The number of allylic oxidation sites excluding steroid dienone is 3. The maximum Gasteiger partial charge on any atom is 0.303 e. The molecule has 0 atom stereocenters. The minimum Gasteiger partial charge on any atom is -0.481 e. The van der Waals surface area contributed by atoms with Gasteiger partial charge >= 0.3 is 5.97 Å². The molecule has 2 nitrogen and oxygen atoms in total. The molecule has 0 saturated heterocycles. The Bertz CT molecular complexity index is 271. The van der Waals surface area contributed by atoms with Crippen molar-refractivity contribution in [3.05, 3.63) is 22.9 Å². The van der Waals surface area contributed by atoms with E-state index in [1.165, 1.54) is 11.8 Å². The van der Waals surface area contributed by atoms with Gasteiger partial charge in [0, 0.05) is 17.7 Å². The van der Waals surface area contributed by atoms with Gasteiger partial charge < -0.3 is 5.11 Å². The number of hydrogen-bond acceptors (Lipinski definition) is 2. The van der Waals surface area contributed by atoms with E-state index < -0.39 is 5.97 Å². The third-order valence-corrected chi connectivity index (χ3v) is 3.02. The molecule has 0 fully saturated rings. The lowest BCUT2D eigenvalue weighted by molar-refractivity contribution is -0.137. The van der Waals surface area contributed by atoms with E-state index in [4.69, 9.17) is 5.11 Å². The van der Waals surface area contributed by atoms with Crippen LogP contribution in [0.25, 0.3) is 0 Å². The van der Waals surface area contributed by atoms with Gasteiger partial charge in [-0.05, 0) is 24.7 Å². The van der Waals surface area contributed by atoms with E-state index in [-0.39, 0.29) is 12.2 Å². The Labute approximate surface area is 86.9 Å². The van der Waals surface area contributed by atoms with Crippen LogP contribution in [-0.4, -0.2) is 16.8 Å². The Hall–Kier alpha value is -0.770. The second kappa shape index (κ2) is 5.86. The van der Waals surface area contributed by atoms with Gasteiger partial charge in [0.05, 0.1) is 0 Å². The fourth-order valence-corrected chi connectivity index (χ4v) is 2.11. The van der Waals surface area contributed by atoms with Gasteiger partial charge in [-0.25, -0.2) is 4.39 Å². The molecule has 1 aliphatic carbocycles. The van der Waals surface area contributed by atoms with Crippen LogP contribution in [-0.2, 0) is 4.79 Å². The normalized spacial score (nSPS) is 16.1. The minimum atomic E-state index is -0.792. The molecule has 0 aromatic heterocycles. The Morgan fingerprint density at radius 2 is 2.43 bits per heavy atom. The van der Waals surface area contributed by atoms with Crippen molar-refractivity contribution in [2.75, 3.05) is 5.75 Å². The van der Waals surface area contributed by atoms with E-state index in [0.29, 0.717) is 23.5 Å². The fraction of sp³-hybridized carbons (Fsp3) is 0.500. The number of rotatable bonds is 5. The van der Waals surface area contributed by atoms with Gasteiger partial charge in [-0.2, -0.15) is 0 Å². The molecule has 0 spiro atoms. The molecule has 0 aliphatic heterocycles. The molecule has 78 valence electrons. The second-order valence-corrected chi connectivity index (χ2v) is 4.19. The van der Waals surface area contributed by atoms with Crippen molar-refractivity contribution in [3.63, 3.8) is 0 Å². The molecule has 4 heteroatoms. The summed E-state index contributed by atoms with van der Waals surface area (Å²) in [5, 5.41) is 8.39. The van der Waals surface area contributed by atoms with Gasteiger partial charge in [0.2, 0.25) is 0 Å². The standard InChI is InChI=1S/C10H13FO2S/c11-8-4-1-2-5-9(8)14-7-3-6-10(12)13/h2,5H,1,3-4,6-7H2,(H,12,13). The Balaban J connectivity index is 2.24. The van der Waals surface area contributed by atoms with Crippen LogP contribution in [0.5, 0.6) is 0 Å². The summed E-state index contributed by atoms with van der Waals surface area (Å²) in [5.41, 5.74) is 0. The predicted molar refractivity (Wildman–Crippen MR) is 55.8 cm³/mol. The first kappa shape index (κ1) is 11.3. The van der Waals surface area contributed by atoms with Gasteiger partial charge in [0.25, 0.3) is 0 Å². The zero-order chi connectivity index (χ0) is 10.4. The average Bonchev–Trinajstić information content (AvgIpc) is 2.15. The number of thioether (sulfide) groups is 1. The predicted octanol–water partition coefficient (Wildman–Crippen LogP) is 3.12. The molecule has 1 rings (SSSR count). The van der Waals surface area contributed by atoms with Crippen LogP contribution in [0.3, 0.4) is 0 Å². The van der Waals surface area contributed by atoms with E-state index in [2.05, 4.69) is 0 Å². The van der Waals surface area contributed by atoms with Crippen LogP contribution >= 0.6 is 11.8 Å². The first-order chi connectivity index (χ1) is 6.70. The zero-order valence-electron chi connectivity index (χ0n) is 7.83. The number of carboxylic acids is 1. The average molecular weight is 216 g/mol. The zero-order valence-corrected chi connectivity index (χ0v) is 8.65. The highest BCUT2D eigenvalue weighted by Gasteiger charge is 2.08. The van der Waals surface area contributed by atoms with Gasteiger partial charge in [-0.1, -0.05) is 6.08 Å².